The molecule has 0 aromatic carbocycles. The Morgan fingerprint density at radius 2 is 1.72 bits per heavy atom. The molecule has 0 aliphatic heterocycles. The van der Waals surface area contributed by atoms with Gasteiger partial charge in [0.2, 0.25) is 0 Å². The highest BCUT2D eigenvalue weighted by Gasteiger charge is 2.25. The van der Waals surface area contributed by atoms with E-state index in [4.69, 9.17) is 0 Å². The molecule has 0 saturated heterocycles. The van der Waals surface area contributed by atoms with Crippen molar-refractivity contribution < 1.29 is 0 Å². The van der Waals surface area contributed by atoms with Crippen LogP contribution < -0.4 is 5.32 Å². The monoisotopic (exact) mass is 253 g/mol. The van der Waals surface area contributed by atoms with Crippen LogP contribution >= 0.6 is 0 Å². The Bertz CT molecular complexity index is 208. The summed E-state index contributed by atoms with van der Waals surface area (Å²) < 4.78 is 0. The van der Waals surface area contributed by atoms with Crippen LogP contribution in [0.3, 0.4) is 0 Å². The minimum absolute atomic E-state index is 0.400. The van der Waals surface area contributed by atoms with Gasteiger partial charge in [0.05, 0.1) is 0 Å². The van der Waals surface area contributed by atoms with Crippen molar-refractivity contribution in [3.8, 4) is 0 Å². The number of hydrogen-bond donors (Lipinski definition) is 1. The van der Waals surface area contributed by atoms with Gasteiger partial charge in [-0.3, -0.25) is 0 Å². The summed E-state index contributed by atoms with van der Waals surface area (Å²) in [4.78, 5) is 0. The third-order valence-electron chi connectivity index (χ3n) is 4.69. The van der Waals surface area contributed by atoms with E-state index in [1.807, 2.05) is 0 Å². The molecule has 0 amide bonds. The van der Waals surface area contributed by atoms with Gasteiger partial charge in [0.25, 0.3) is 0 Å². The second-order valence-corrected chi connectivity index (χ2v) is 7.58. The maximum Gasteiger partial charge on any atom is 0.0116 e. The fourth-order valence-electron chi connectivity index (χ4n) is 3.18. The predicted molar refractivity (Wildman–Crippen MR) is 81.9 cm³/mol. The summed E-state index contributed by atoms with van der Waals surface area (Å²) in [6.07, 6.45) is 9.93. The summed E-state index contributed by atoms with van der Waals surface area (Å²) in [5.74, 6) is 1.99. The molecule has 0 aromatic heterocycles. The third kappa shape index (κ3) is 5.73. The first-order valence-electron chi connectivity index (χ1n) is 8.16. The van der Waals surface area contributed by atoms with Crippen molar-refractivity contribution in [2.45, 2.75) is 85.6 Å². The van der Waals surface area contributed by atoms with Crippen LogP contribution in [0.5, 0.6) is 0 Å². The Kier molecular flexibility index (Phi) is 6.70. The molecule has 1 atom stereocenters. The van der Waals surface area contributed by atoms with Crippen LogP contribution in [0.4, 0.5) is 0 Å². The maximum absolute atomic E-state index is 3.76. The summed E-state index contributed by atoms with van der Waals surface area (Å²) >= 11 is 0. The number of rotatable bonds is 6. The van der Waals surface area contributed by atoms with Crippen molar-refractivity contribution in [1.82, 2.24) is 5.32 Å². The molecule has 1 unspecified atom stereocenters. The second-order valence-electron chi connectivity index (χ2n) is 7.58. The van der Waals surface area contributed by atoms with Gasteiger partial charge in [0, 0.05) is 6.04 Å². The minimum atomic E-state index is 0.400. The first kappa shape index (κ1) is 16.0. The molecule has 1 aliphatic rings. The fraction of sp³-hybridized carbons (Fsp3) is 1.00. The van der Waals surface area contributed by atoms with Crippen LogP contribution in [0.2, 0.25) is 0 Å². The normalized spacial score (nSPS) is 27.2. The van der Waals surface area contributed by atoms with E-state index in [1.54, 1.807) is 0 Å². The molecule has 0 spiro atoms. The molecule has 0 radical (unpaired) electrons. The van der Waals surface area contributed by atoms with Crippen LogP contribution in [-0.4, -0.2) is 12.6 Å². The molecule has 0 aromatic rings. The molecule has 1 N–H and O–H groups in total. The lowest BCUT2D eigenvalue weighted by Crippen LogP contribution is -2.41. The zero-order chi connectivity index (χ0) is 13.6. The quantitative estimate of drug-likeness (QED) is 0.702. The molecule has 1 aliphatic carbocycles. The maximum atomic E-state index is 3.76. The van der Waals surface area contributed by atoms with Crippen molar-refractivity contribution in [1.29, 1.82) is 0 Å². The SMILES string of the molecule is CCCNC(CCC1CCC(C)CC1)C(C)(C)C. The zero-order valence-corrected chi connectivity index (χ0v) is 13.4. The van der Waals surface area contributed by atoms with Crippen molar-refractivity contribution in [2.75, 3.05) is 6.54 Å². The topological polar surface area (TPSA) is 12.0 Å². The summed E-state index contributed by atoms with van der Waals surface area (Å²) in [7, 11) is 0. The third-order valence-corrected chi connectivity index (χ3v) is 4.69. The fourth-order valence-corrected chi connectivity index (χ4v) is 3.18. The Balaban J connectivity index is 2.32. The highest BCUT2D eigenvalue weighted by atomic mass is 14.9. The van der Waals surface area contributed by atoms with Crippen molar-refractivity contribution in [3.63, 3.8) is 0 Å². The van der Waals surface area contributed by atoms with Gasteiger partial charge in [-0.15, -0.1) is 0 Å². The van der Waals surface area contributed by atoms with Crippen molar-refractivity contribution >= 4 is 0 Å². The van der Waals surface area contributed by atoms with Crippen molar-refractivity contribution in [3.05, 3.63) is 0 Å². The molecule has 108 valence electrons. The van der Waals surface area contributed by atoms with Gasteiger partial charge in [-0.2, -0.15) is 0 Å². The number of hydrogen-bond acceptors (Lipinski definition) is 1. The summed E-state index contributed by atoms with van der Waals surface area (Å²) in [5, 5.41) is 3.76. The lowest BCUT2D eigenvalue weighted by molar-refractivity contribution is 0.214. The van der Waals surface area contributed by atoms with Crippen molar-refractivity contribution in [2.24, 2.45) is 17.3 Å². The van der Waals surface area contributed by atoms with E-state index in [0.29, 0.717) is 11.5 Å². The van der Waals surface area contributed by atoms with E-state index in [-0.39, 0.29) is 0 Å². The summed E-state index contributed by atoms with van der Waals surface area (Å²) in [6.45, 7) is 13.0. The van der Waals surface area contributed by atoms with Crippen LogP contribution in [0, 0.1) is 17.3 Å². The zero-order valence-electron chi connectivity index (χ0n) is 13.4. The molecule has 1 saturated carbocycles. The Morgan fingerprint density at radius 1 is 1.11 bits per heavy atom. The average molecular weight is 253 g/mol. The molecule has 1 fully saturated rings. The first-order valence-corrected chi connectivity index (χ1v) is 8.16. The van der Waals surface area contributed by atoms with Crippen LogP contribution in [0.25, 0.3) is 0 Å². The van der Waals surface area contributed by atoms with Gasteiger partial charge in [-0.05, 0) is 43.1 Å². The van der Waals surface area contributed by atoms with Gasteiger partial charge in [0.15, 0.2) is 0 Å². The standard InChI is InChI=1S/C17H35N/c1-6-13-18-16(17(3,4)5)12-11-15-9-7-14(2)8-10-15/h14-16,18H,6-13H2,1-5H3. The van der Waals surface area contributed by atoms with Crippen LogP contribution in [0.1, 0.15) is 79.6 Å². The molecular weight excluding hydrogens is 218 g/mol. The Labute approximate surface area is 115 Å². The van der Waals surface area contributed by atoms with Crippen LogP contribution in [-0.2, 0) is 0 Å². The highest BCUT2D eigenvalue weighted by molar-refractivity contribution is 4.82. The minimum Gasteiger partial charge on any atom is -0.313 e. The molecule has 18 heavy (non-hydrogen) atoms. The van der Waals surface area contributed by atoms with E-state index in [9.17, 15) is 0 Å². The van der Waals surface area contributed by atoms with E-state index < -0.39 is 0 Å². The van der Waals surface area contributed by atoms with Gasteiger partial charge >= 0.3 is 0 Å². The van der Waals surface area contributed by atoms with Gasteiger partial charge in [-0.1, -0.05) is 60.3 Å². The average Bonchev–Trinajstić information content (AvgIpc) is 2.30. The highest BCUT2D eigenvalue weighted by Crippen LogP contribution is 2.33. The van der Waals surface area contributed by atoms with Gasteiger partial charge in [-0.25, -0.2) is 0 Å². The first-order chi connectivity index (χ1) is 8.43. The van der Waals surface area contributed by atoms with E-state index in [0.717, 1.165) is 11.8 Å². The second kappa shape index (κ2) is 7.53. The summed E-state index contributed by atoms with van der Waals surface area (Å²) in [6, 6.07) is 0.691. The Hall–Kier alpha value is -0.0400. The van der Waals surface area contributed by atoms with E-state index in [2.05, 4.69) is 39.9 Å². The molecular formula is C17H35N. The lowest BCUT2D eigenvalue weighted by Gasteiger charge is -2.34. The van der Waals surface area contributed by atoms with E-state index >= 15 is 0 Å². The lowest BCUT2D eigenvalue weighted by atomic mass is 9.77. The van der Waals surface area contributed by atoms with Gasteiger partial charge in [0.1, 0.15) is 0 Å². The predicted octanol–water partition coefficient (Wildman–Crippen LogP) is 5.01. The Morgan fingerprint density at radius 3 is 2.22 bits per heavy atom. The molecule has 1 rings (SSSR count). The smallest absolute Gasteiger partial charge is 0.0116 e. The largest absolute Gasteiger partial charge is 0.313 e. The summed E-state index contributed by atoms with van der Waals surface area (Å²) in [5.41, 5.74) is 0.400. The molecule has 1 nitrogen and oxygen atoms in total. The van der Waals surface area contributed by atoms with Gasteiger partial charge < -0.3 is 5.32 Å². The molecule has 0 bridgehead atoms. The molecule has 1 heteroatoms. The number of nitrogens with one attached hydrogen (secondary N) is 1. The van der Waals surface area contributed by atoms with E-state index in [1.165, 1.54) is 51.5 Å². The molecule has 0 heterocycles. The van der Waals surface area contributed by atoms with Crippen LogP contribution in [0.15, 0.2) is 0 Å².